The molecule has 6 heteroatoms. The van der Waals surface area contributed by atoms with Crippen molar-refractivity contribution in [2.24, 2.45) is 0 Å². The number of imidazole rings is 1. The highest BCUT2D eigenvalue weighted by Gasteiger charge is 2.22. The van der Waals surface area contributed by atoms with Crippen LogP contribution in [-0.4, -0.2) is 29.9 Å². The molecule has 0 aliphatic carbocycles. The molecule has 0 amide bonds. The average molecular weight is 299 g/mol. The van der Waals surface area contributed by atoms with Crippen LogP contribution in [0.4, 0.5) is 4.39 Å². The van der Waals surface area contributed by atoms with Gasteiger partial charge in [0.2, 0.25) is 0 Å². The number of methoxy groups -OCH3 is 1. The largest absolute Gasteiger partial charge is 0.494 e. The van der Waals surface area contributed by atoms with Crippen LogP contribution in [0.2, 0.25) is 0 Å². The first-order valence-electron chi connectivity index (χ1n) is 6.62. The van der Waals surface area contributed by atoms with Gasteiger partial charge in [0, 0.05) is 31.4 Å². The Kier molecular flexibility index (Phi) is 3.81. The highest BCUT2D eigenvalue weighted by molar-refractivity contribution is 6.16. The highest BCUT2D eigenvalue weighted by atomic mass is 35.5. The van der Waals surface area contributed by atoms with Crippen LogP contribution in [0.1, 0.15) is 24.7 Å². The van der Waals surface area contributed by atoms with Crippen molar-refractivity contribution < 1.29 is 13.9 Å². The smallest absolute Gasteiger partial charge is 0.167 e. The van der Waals surface area contributed by atoms with E-state index in [4.69, 9.17) is 21.1 Å². The second-order valence-corrected chi connectivity index (χ2v) is 5.12. The Hall–Kier alpha value is -1.33. The molecule has 2 heterocycles. The monoisotopic (exact) mass is 298 g/mol. The zero-order chi connectivity index (χ0) is 14.1. The van der Waals surface area contributed by atoms with Gasteiger partial charge in [0.05, 0.1) is 24.0 Å². The molecule has 1 aromatic carbocycles. The number of nitrogens with zero attached hydrogens (tertiary/aromatic N) is 2. The van der Waals surface area contributed by atoms with E-state index in [0.29, 0.717) is 11.4 Å². The van der Waals surface area contributed by atoms with Crippen LogP contribution in [-0.2, 0) is 10.6 Å². The van der Waals surface area contributed by atoms with Gasteiger partial charge in [-0.25, -0.2) is 9.37 Å². The average Bonchev–Trinajstić information content (AvgIpc) is 2.84. The quantitative estimate of drug-likeness (QED) is 0.816. The molecular formula is C14H16ClFN2O2. The fraction of sp³-hybridized carbons (Fsp3) is 0.500. The van der Waals surface area contributed by atoms with Crippen LogP contribution in [0.25, 0.3) is 11.0 Å². The molecule has 1 aliphatic heterocycles. The highest BCUT2D eigenvalue weighted by Crippen LogP contribution is 2.32. The van der Waals surface area contributed by atoms with E-state index in [1.54, 1.807) is 6.07 Å². The van der Waals surface area contributed by atoms with Crippen molar-refractivity contribution in [2.75, 3.05) is 20.3 Å². The number of fused-ring (bicyclic) bond motifs is 1. The first-order chi connectivity index (χ1) is 9.74. The van der Waals surface area contributed by atoms with Crippen LogP contribution in [0, 0.1) is 5.82 Å². The molecule has 108 valence electrons. The third-order valence-corrected chi connectivity index (χ3v) is 3.95. The van der Waals surface area contributed by atoms with E-state index < -0.39 is 5.82 Å². The number of benzene rings is 1. The van der Waals surface area contributed by atoms with E-state index in [0.717, 1.165) is 37.4 Å². The van der Waals surface area contributed by atoms with E-state index in [1.807, 2.05) is 0 Å². The molecule has 20 heavy (non-hydrogen) atoms. The lowest BCUT2D eigenvalue weighted by Crippen LogP contribution is -2.20. The molecule has 1 fully saturated rings. The summed E-state index contributed by atoms with van der Waals surface area (Å²) < 4.78 is 26.3. The van der Waals surface area contributed by atoms with Crippen LogP contribution in [0.5, 0.6) is 5.75 Å². The lowest BCUT2D eigenvalue weighted by atomic mass is 10.1. The zero-order valence-electron chi connectivity index (χ0n) is 11.2. The SMILES string of the molecule is COc1cc2c(cc1F)nc(CCl)n2C1CCOCC1. The molecule has 0 unspecified atom stereocenters. The number of halogens is 2. The van der Waals surface area contributed by atoms with Crippen LogP contribution >= 0.6 is 11.6 Å². The summed E-state index contributed by atoms with van der Waals surface area (Å²) in [5, 5.41) is 0. The number of rotatable bonds is 3. The minimum Gasteiger partial charge on any atom is -0.494 e. The second-order valence-electron chi connectivity index (χ2n) is 4.85. The van der Waals surface area contributed by atoms with Crippen LogP contribution in [0.15, 0.2) is 12.1 Å². The topological polar surface area (TPSA) is 36.3 Å². The van der Waals surface area contributed by atoms with Gasteiger partial charge in [-0.15, -0.1) is 11.6 Å². The summed E-state index contributed by atoms with van der Waals surface area (Å²) in [5.74, 6) is 0.890. The Morgan fingerprint density at radius 3 is 2.85 bits per heavy atom. The summed E-state index contributed by atoms with van der Waals surface area (Å²) in [6, 6.07) is 3.39. The van der Waals surface area contributed by atoms with Crippen molar-refractivity contribution >= 4 is 22.6 Å². The van der Waals surface area contributed by atoms with Crippen molar-refractivity contribution in [1.82, 2.24) is 9.55 Å². The van der Waals surface area contributed by atoms with Gasteiger partial charge in [0.1, 0.15) is 5.82 Å². The molecule has 1 saturated heterocycles. The molecule has 0 atom stereocenters. The molecule has 1 aliphatic rings. The molecule has 1 aromatic heterocycles. The summed E-state index contributed by atoms with van der Waals surface area (Å²) in [7, 11) is 1.46. The van der Waals surface area contributed by atoms with Crippen molar-refractivity contribution in [3.05, 3.63) is 23.8 Å². The van der Waals surface area contributed by atoms with E-state index in [9.17, 15) is 4.39 Å². The summed E-state index contributed by atoms with van der Waals surface area (Å²) >= 11 is 6.00. The Morgan fingerprint density at radius 1 is 1.45 bits per heavy atom. The van der Waals surface area contributed by atoms with Crippen molar-refractivity contribution in [3.63, 3.8) is 0 Å². The van der Waals surface area contributed by atoms with Gasteiger partial charge < -0.3 is 14.0 Å². The van der Waals surface area contributed by atoms with Gasteiger partial charge in [-0.2, -0.15) is 0 Å². The minimum absolute atomic E-state index is 0.229. The predicted octanol–water partition coefficient (Wildman–Crippen LogP) is 3.27. The van der Waals surface area contributed by atoms with Gasteiger partial charge in [0.25, 0.3) is 0 Å². The van der Waals surface area contributed by atoms with Gasteiger partial charge in [-0.05, 0) is 12.8 Å². The number of aromatic nitrogens is 2. The molecule has 0 bridgehead atoms. The maximum atomic E-state index is 13.8. The summed E-state index contributed by atoms with van der Waals surface area (Å²) in [6.45, 7) is 1.45. The number of ether oxygens (including phenoxy) is 2. The van der Waals surface area contributed by atoms with Gasteiger partial charge in [0.15, 0.2) is 11.6 Å². The maximum absolute atomic E-state index is 13.8. The molecule has 4 nitrogen and oxygen atoms in total. The molecule has 0 radical (unpaired) electrons. The number of alkyl halides is 1. The number of hydrogen-bond donors (Lipinski definition) is 0. The predicted molar refractivity (Wildman–Crippen MR) is 74.9 cm³/mol. The summed E-state index contributed by atoms with van der Waals surface area (Å²) in [4.78, 5) is 4.44. The van der Waals surface area contributed by atoms with E-state index in [-0.39, 0.29) is 11.8 Å². The van der Waals surface area contributed by atoms with Crippen LogP contribution in [0.3, 0.4) is 0 Å². The summed E-state index contributed by atoms with van der Waals surface area (Å²) in [6.07, 6.45) is 1.82. The zero-order valence-corrected chi connectivity index (χ0v) is 12.0. The minimum atomic E-state index is -0.405. The van der Waals surface area contributed by atoms with E-state index in [1.165, 1.54) is 13.2 Å². The standard InChI is InChI=1S/C14H16ClFN2O2/c1-19-13-7-12-11(6-10(13)16)17-14(8-15)18(12)9-2-4-20-5-3-9/h6-7,9H,2-5,8H2,1H3. The Morgan fingerprint density at radius 2 is 2.20 bits per heavy atom. The van der Waals surface area contributed by atoms with Gasteiger partial charge >= 0.3 is 0 Å². The molecule has 0 saturated carbocycles. The summed E-state index contributed by atoms with van der Waals surface area (Å²) in [5.41, 5.74) is 1.48. The van der Waals surface area contributed by atoms with Gasteiger partial charge in [-0.1, -0.05) is 0 Å². The second kappa shape index (κ2) is 5.58. The molecular weight excluding hydrogens is 283 g/mol. The fourth-order valence-electron chi connectivity index (χ4n) is 2.75. The van der Waals surface area contributed by atoms with E-state index >= 15 is 0 Å². The Balaban J connectivity index is 2.16. The van der Waals surface area contributed by atoms with Crippen molar-refractivity contribution in [1.29, 1.82) is 0 Å². The van der Waals surface area contributed by atoms with Crippen LogP contribution < -0.4 is 4.74 Å². The molecule has 2 aromatic rings. The molecule has 3 rings (SSSR count). The third kappa shape index (κ3) is 2.25. The van der Waals surface area contributed by atoms with E-state index in [2.05, 4.69) is 9.55 Å². The number of hydrogen-bond acceptors (Lipinski definition) is 3. The molecule has 0 N–H and O–H groups in total. The fourth-order valence-corrected chi connectivity index (χ4v) is 2.94. The van der Waals surface area contributed by atoms with Crippen molar-refractivity contribution in [3.8, 4) is 5.75 Å². The first-order valence-corrected chi connectivity index (χ1v) is 7.16. The third-order valence-electron chi connectivity index (χ3n) is 3.71. The Bertz CT molecular complexity index is 623. The Labute approximate surface area is 121 Å². The molecule has 0 spiro atoms. The lowest BCUT2D eigenvalue weighted by Gasteiger charge is -2.25. The lowest BCUT2D eigenvalue weighted by molar-refractivity contribution is 0.0700. The van der Waals surface area contributed by atoms with Crippen molar-refractivity contribution in [2.45, 2.75) is 24.8 Å². The normalized spacial score (nSPS) is 16.8. The van der Waals surface area contributed by atoms with Gasteiger partial charge in [-0.3, -0.25) is 0 Å². The maximum Gasteiger partial charge on any atom is 0.167 e. The first kappa shape index (κ1) is 13.6.